The zero-order valence-corrected chi connectivity index (χ0v) is 16.2. The molecule has 28 heavy (non-hydrogen) atoms. The maximum absolute atomic E-state index is 12.7. The maximum Gasteiger partial charge on any atom is 0.317 e. The van der Waals surface area contributed by atoms with Crippen molar-refractivity contribution in [2.75, 3.05) is 44.2 Å². The molecule has 0 aliphatic carbocycles. The van der Waals surface area contributed by atoms with Crippen molar-refractivity contribution in [1.29, 1.82) is 0 Å². The van der Waals surface area contributed by atoms with Crippen LogP contribution in [-0.4, -0.2) is 70.8 Å². The van der Waals surface area contributed by atoms with Crippen LogP contribution in [0.3, 0.4) is 0 Å². The van der Waals surface area contributed by atoms with Gasteiger partial charge in [-0.1, -0.05) is 18.2 Å². The molecule has 3 heterocycles. The average Bonchev–Trinajstić information content (AvgIpc) is 3.32. The number of para-hydroxylation sites is 1. The Morgan fingerprint density at radius 3 is 2.61 bits per heavy atom. The highest BCUT2D eigenvalue weighted by atomic mass is 16.2. The van der Waals surface area contributed by atoms with Gasteiger partial charge in [-0.3, -0.25) is 14.4 Å². The second-order valence-electron chi connectivity index (χ2n) is 7.29. The number of carbonyl (C=O) groups is 2. The number of carbonyl (C=O) groups excluding carboxylic acids is 2. The minimum Gasteiger partial charge on any atom is -0.332 e. The molecule has 0 atom stereocenters. The normalized spacial score (nSPS) is 16.9. The van der Waals surface area contributed by atoms with Crippen LogP contribution in [0.15, 0.2) is 36.5 Å². The van der Waals surface area contributed by atoms with Gasteiger partial charge in [0.1, 0.15) is 0 Å². The minimum atomic E-state index is -0.0688. The van der Waals surface area contributed by atoms with Gasteiger partial charge in [0, 0.05) is 51.7 Å². The van der Waals surface area contributed by atoms with Gasteiger partial charge >= 0.3 is 6.03 Å². The minimum absolute atomic E-state index is 0.0688. The lowest BCUT2D eigenvalue weighted by Gasteiger charge is -2.35. The molecular formula is C20H26N6O2. The molecular weight excluding hydrogens is 356 g/mol. The second-order valence-corrected chi connectivity index (χ2v) is 7.29. The summed E-state index contributed by atoms with van der Waals surface area (Å²) in [5, 5.41) is 7.04. The zero-order valence-electron chi connectivity index (χ0n) is 16.2. The van der Waals surface area contributed by atoms with Crippen molar-refractivity contribution in [3.05, 3.63) is 47.8 Å². The highest BCUT2D eigenvalue weighted by molar-refractivity contribution is 5.96. The van der Waals surface area contributed by atoms with Crippen molar-refractivity contribution in [3.63, 3.8) is 0 Å². The van der Waals surface area contributed by atoms with E-state index in [0.717, 1.165) is 24.3 Å². The highest BCUT2D eigenvalue weighted by Crippen LogP contribution is 2.27. The maximum atomic E-state index is 12.7. The fraction of sp³-hybridized carbons (Fsp3) is 0.450. The van der Waals surface area contributed by atoms with Crippen molar-refractivity contribution in [3.8, 4) is 0 Å². The summed E-state index contributed by atoms with van der Waals surface area (Å²) in [6.45, 7) is 4.29. The molecule has 2 aliphatic rings. The van der Waals surface area contributed by atoms with E-state index in [-0.39, 0.29) is 11.9 Å². The van der Waals surface area contributed by atoms with E-state index >= 15 is 0 Å². The number of hydrogen-bond donors (Lipinski definition) is 1. The summed E-state index contributed by atoms with van der Waals surface area (Å²) in [6.07, 6.45) is 2.64. The fourth-order valence-electron chi connectivity index (χ4n) is 3.84. The summed E-state index contributed by atoms with van der Waals surface area (Å²) in [7, 11) is 1.86. The van der Waals surface area contributed by atoms with Crippen LogP contribution in [0.5, 0.6) is 0 Å². The predicted molar refractivity (Wildman–Crippen MR) is 106 cm³/mol. The Kier molecular flexibility index (Phi) is 5.29. The Bertz CT molecular complexity index is 856. The smallest absolute Gasteiger partial charge is 0.317 e. The van der Waals surface area contributed by atoms with Gasteiger partial charge < -0.3 is 15.1 Å². The Morgan fingerprint density at radius 1 is 1.07 bits per heavy atom. The molecule has 1 aromatic carbocycles. The molecule has 2 aliphatic heterocycles. The van der Waals surface area contributed by atoms with Crippen LogP contribution >= 0.6 is 0 Å². The van der Waals surface area contributed by atoms with Gasteiger partial charge in [0.05, 0.1) is 18.8 Å². The van der Waals surface area contributed by atoms with Crippen LogP contribution in [-0.2, 0) is 24.8 Å². The van der Waals surface area contributed by atoms with Gasteiger partial charge in [-0.05, 0) is 24.1 Å². The van der Waals surface area contributed by atoms with E-state index in [1.54, 1.807) is 10.9 Å². The van der Waals surface area contributed by atoms with E-state index < -0.39 is 0 Å². The number of nitrogens with zero attached hydrogens (tertiary/aromatic N) is 5. The fourth-order valence-corrected chi connectivity index (χ4v) is 3.84. The molecule has 0 saturated carbocycles. The van der Waals surface area contributed by atoms with Crippen LogP contribution in [0, 0.1) is 0 Å². The molecule has 1 aromatic heterocycles. The topological polar surface area (TPSA) is 73.7 Å². The molecule has 0 unspecified atom stereocenters. The summed E-state index contributed by atoms with van der Waals surface area (Å²) in [4.78, 5) is 30.9. The van der Waals surface area contributed by atoms with E-state index in [9.17, 15) is 9.59 Å². The Morgan fingerprint density at radius 2 is 1.86 bits per heavy atom. The summed E-state index contributed by atoms with van der Waals surface area (Å²) in [5.41, 5.74) is 3.25. The molecule has 1 saturated heterocycles. The Balaban J connectivity index is 1.24. The molecule has 1 fully saturated rings. The number of aromatic nitrogens is 2. The number of anilines is 1. The average molecular weight is 382 g/mol. The van der Waals surface area contributed by atoms with Crippen molar-refractivity contribution in [2.24, 2.45) is 7.05 Å². The van der Waals surface area contributed by atoms with Gasteiger partial charge in [0.25, 0.3) is 0 Å². The summed E-state index contributed by atoms with van der Waals surface area (Å²) in [6, 6.07) is 9.93. The molecule has 8 nitrogen and oxygen atoms in total. The quantitative estimate of drug-likeness (QED) is 0.850. The van der Waals surface area contributed by atoms with Gasteiger partial charge in [-0.2, -0.15) is 5.10 Å². The van der Waals surface area contributed by atoms with Crippen molar-refractivity contribution in [1.82, 2.24) is 24.9 Å². The van der Waals surface area contributed by atoms with Crippen molar-refractivity contribution < 1.29 is 9.59 Å². The first-order valence-electron chi connectivity index (χ1n) is 9.72. The lowest BCUT2D eigenvalue weighted by Crippen LogP contribution is -2.53. The molecule has 2 aromatic rings. The lowest BCUT2D eigenvalue weighted by molar-refractivity contribution is -0.120. The first-order valence-corrected chi connectivity index (χ1v) is 9.72. The molecule has 8 heteroatoms. The molecule has 0 radical (unpaired) electrons. The van der Waals surface area contributed by atoms with Gasteiger partial charge in [0.15, 0.2) is 0 Å². The number of amides is 3. The standard InChI is InChI=1S/C20H26N6O2/c1-23-17(6-8-22-23)14-21-20(28)25-12-10-24(11-13-25)15-19(27)26-9-7-16-4-2-3-5-18(16)26/h2-6,8H,7,9-15H2,1H3,(H,21,28). The van der Waals surface area contributed by atoms with E-state index in [0.29, 0.717) is 39.3 Å². The van der Waals surface area contributed by atoms with Crippen LogP contribution in [0.2, 0.25) is 0 Å². The first-order chi connectivity index (χ1) is 13.6. The van der Waals surface area contributed by atoms with Crippen LogP contribution in [0.1, 0.15) is 11.3 Å². The molecule has 0 bridgehead atoms. The first kappa shape index (κ1) is 18.5. The number of piperazine rings is 1. The number of fused-ring (bicyclic) bond motifs is 1. The van der Waals surface area contributed by atoms with Crippen LogP contribution in [0.25, 0.3) is 0 Å². The summed E-state index contributed by atoms with van der Waals surface area (Å²) < 4.78 is 1.75. The summed E-state index contributed by atoms with van der Waals surface area (Å²) in [5.74, 6) is 0.138. The Hall–Kier alpha value is -2.87. The van der Waals surface area contributed by atoms with E-state index in [4.69, 9.17) is 0 Å². The predicted octanol–water partition coefficient (Wildman–Crippen LogP) is 0.837. The molecule has 0 spiro atoms. The second kappa shape index (κ2) is 8.02. The molecule has 1 N–H and O–H groups in total. The van der Waals surface area contributed by atoms with Crippen molar-refractivity contribution >= 4 is 17.6 Å². The SMILES string of the molecule is Cn1nccc1CNC(=O)N1CCN(CC(=O)N2CCc3ccccc32)CC1. The number of nitrogens with one attached hydrogen (secondary N) is 1. The van der Waals surface area contributed by atoms with Crippen LogP contribution in [0.4, 0.5) is 10.5 Å². The van der Waals surface area contributed by atoms with Crippen LogP contribution < -0.4 is 10.2 Å². The number of hydrogen-bond acceptors (Lipinski definition) is 4. The molecule has 3 amide bonds. The van der Waals surface area contributed by atoms with Gasteiger partial charge in [-0.25, -0.2) is 4.79 Å². The largest absolute Gasteiger partial charge is 0.332 e. The van der Waals surface area contributed by atoms with E-state index in [1.165, 1.54) is 5.56 Å². The van der Waals surface area contributed by atoms with E-state index in [2.05, 4.69) is 21.4 Å². The monoisotopic (exact) mass is 382 g/mol. The highest BCUT2D eigenvalue weighted by Gasteiger charge is 2.27. The third kappa shape index (κ3) is 3.87. The third-order valence-electron chi connectivity index (χ3n) is 5.55. The lowest BCUT2D eigenvalue weighted by atomic mass is 10.2. The summed E-state index contributed by atoms with van der Waals surface area (Å²) >= 11 is 0. The Labute approximate surface area is 164 Å². The van der Waals surface area contributed by atoms with Gasteiger partial charge in [-0.15, -0.1) is 0 Å². The zero-order chi connectivity index (χ0) is 19.5. The van der Waals surface area contributed by atoms with E-state index in [1.807, 2.05) is 41.1 Å². The third-order valence-corrected chi connectivity index (χ3v) is 5.55. The molecule has 4 rings (SSSR count). The number of rotatable bonds is 4. The number of benzene rings is 1. The number of aryl methyl sites for hydroxylation is 1. The van der Waals surface area contributed by atoms with Crippen molar-refractivity contribution in [2.45, 2.75) is 13.0 Å². The number of urea groups is 1. The molecule has 148 valence electrons. The van der Waals surface area contributed by atoms with Gasteiger partial charge in [0.2, 0.25) is 5.91 Å².